The Morgan fingerprint density at radius 2 is 1.86 bits per heavy atom. The van der Waals surface area contributed by atoms with E-state index >= 15 is 0 Å². The average molecular weight is 385 g/mol. The number of aliphatic hydroxyl groups excluding tert-OH is 2. The van der Waals surface area contributed by atoms with Gasteiger partial charge in [0.25, 0.3) is 0 Å². The summed E-state index contributed by atoms with van der Waals surface area (Å²) in [5.74, 6) is 2.78. The summed E-state index contributed by atoms with van der Waals surface area (Å²) in [4.78, 5) is 0. The lowest BCUT2D eigenvalue weighted by atomic mass is 9.45. The minimum Gasteiger partial charge on any atom is -0.393 e. The van der Waals surface area contributed by atoms with Gasteiger partial charge in [0.15, 0.2) is 0 Å². The summed E-state index contributed by atoms with van der Waals surface area (Å²) in [5, 5.41) is 25.8. The van der Waals surface area contributed by atoms with Gasteiger partial charge >= 0.3 is 0 Å². The quantitative estimate of drug-likeness (QED) is 0.764. The van der Waals surface area contributed by atoms with E-state index in [1.165, 1.54) is 31.3 Å². The molecule has 4 fully saturated rings. The van der Waals surface area contributed by atoms with E-state index in [-0.39, 0.29) is 17.6 Å². The van der Waals surface area contributed by atoms with Gasteiger partial charge in [-0.1, -0.05) is 19.9 Å². The van der Waals surface area contributed by atoms with E-state index in [1.54, 1.807) is 0 Å². The molecule has 0 saturated heterocycles. The number of rotatable bonds is 1. The van der Waals surface area contributed by atoms with Crippen molar-refractivity contribution in [2.24, 2.45) is 41.5 Å². The highest BCUT2D eigenvalue weighted by molar-refractivity contribution is 5.54. The lowest BCUT2D eigenvalue weighted by Gasteiger charge is -2.60. The molecule has 2 N–H and O–H groups in total. The van der Waals surface area contributed by atoms with Gasteiger partial charge in [0.05, 0.1) is 18.4 Å². The zero-order chi connectivity index (χ0) is 19.7. The lowest BCUT2D eigenvalue weighted by molar-refractivity contribution is -0.133. The molecule has 1 heterocycles. The predicted octanol–water partition coefficient (Wildman–Crippen LogP) is 4.18. The van der Waals surface area contributed by atoms with Gasteiger partial charge in [0, 0.05) is 24.2 Å². The first-order valence-corrected chi connectivity index (χ1v) is 11.4. The van der Waals surface area contributed by atoms with Crippen molar-refractivity contribution in [2.75, 3.05) is 0 Å². The third-order valence-corrected chi connectivity index (χ3v) is 9.58. The first-order chi connectivity index (χ1) is 13.3. The fraction of sp³-hybridized carbons (Fsp3) is 0.792. The molecular formula is C24H36N2O2. The van der Waals surface area contributed by atoms with Gasteiger partial charge in [-0.05, 0) is 86.0 Å². The molecule has 4 nitrogen and oxygen atoms in total. The third-order valence-electron chi connectivity index (χ3n) is 9.58. The summed E-state index contributed by atoms with van der Waals surface area (Å²) >= 11 is 0. The Labute approximate surface area is 169 Å². The number of aromatic nitrogens is 2. The molecule has 0 amide bonds. The largest absolute Gasteiger partial charge is 0.393 e. The van der Waals surface area contributed by atoms with Crippen molar-refractivity contribution in [2.45, 2.75) is 77.4 Å². The molecule has 5 rings (SSSR count). The van der Waals surface area contributed by atoms with E-state index in [0.717, 1.165) is 43.1 Å². The molecule has 0 aliphatic heterocycles. The fourth-order valence-corrected chi connectivity index (χ4v) is 7.96. The number of aryl methyl sites for hydroxylation is 1. The second-order valence-electron chi connectivity index (χ2n) is 10.9. The molecule has 4 aliphatic carbocycles. The van der Waals surface area contributed by atoms with Crippen LogP contribution in [0.4, 0.5) is 0 Å². The van der Waals surface area contributed by atoms with Crippen molar-refractivity contribution in [3.63, 3.8) is 0 Å². The summed E-state index contributed by atoms with van der Waals surface area (Å²) in [6.07, 6.45) is 14.9. The summed E-state index contributed by atoms with van der Waals surface area (Å²) in [6, 6.07) is 0. The maximum absolute atomic E-state index is 11.3. The number of hydrogen-bond donors (Lipinski definition) is 2. The molecule has 1 aromatic rings. The van der Waals surface area contributed by atoms with E-state index < -0.39 is 0 Å². The zero-order valence-corrected chi connectivity index (χ0v) is 17.6. The van der Waals surface area contributed by atoms with Crippen molar-refractivity contribution < 1.29 is 10.2 Å². The minimum atomic E-state index is -0.322. The Kier molecular flexibility index (Phi) is 4.34. The standard InChI is InChI=1S/C24H36N2O2/c1-23-8-6-18(27)12-17(23)4-5-19-20(23)7-9-24(2)21(19)11-16(22(24)28)10-15-13-25-26(3)14-15/h10,13-14,17-22,27-28H,4-9,11-12H2,1-3H3/b16-10-/t17-,18-,19-,20+,21+,22+,23+,24+/m1/s1. The predicted molar refractivity (Wildman–Crippen MR) is 110 cm³/mol. The van der Waals surface area contributed by atoms with Crippen LogP contribution in [-0.4, -0.2) is 32.2 Å². The molecule has 0 spiro atoms. The zero-order valence-electron chi connectivity index (χ0n) is 17.6. The maximum atomic E-state index is 11.3. The van der Waals surface area contributed by atoms with Gasteiger partial charge in [-0.2, -0.15) is 5.10 Å². The van der Waals surface area contributed by atoms with Gasteiger partial charge in [-0.3, -0.25) is 4.68 Å². The molecule has 0 bridgehead atoms. The van der Waals surface area contributed by atoms with Crippen molar-refractivity contribution in [1.29, 1.82) is 0 Å². The first-order valence-electron chi connectivity index (χ1n) is 11.4. The summed E-state index contributed by atoms with van der Waals surface area (Å²) in [7, 11) is 1.94. The average Bonchev–Trinajstić information content (AvgIpc) is 3.18. The number of fused-ring (bicyclic) bond motifs is 5. The van der Waals surface area contributed by atoms with Crippen molar-refractivity contribution in [3.8, 4) is 0 Å². The highest BCUT2D eigenvalue weighted by Crippen LogP contribution is 2.67. The van der Waals surface area contributed by atoms with Crippen LogP contribution in [0.1, 0.15) is 70.8 Å². The van der Waals surface area contributed by atoms with E-state index in [1.807, 2.05) is 24.1 Å². The van der Waals surface area contributed by atoms with Crippen LogP contribution in [0.3, 0.4) is 0 Å². The Morgan fingerprint density at radius 1 is 1.07 bits per heavy atom. The lowest BCUT2D eigenvalue weighted by Crippen LogP contribution is -2.54. The Balaban J connectivity index is 1.44. The van der Waals surface area contributed by atoms with Crippen LogP contribution in [0, 0.1) is 34.5 Å². The highest BCUT2D eigenvalue weighted by atomic mass is 16.3. The van der Waals surface area contributed by atoms with Gasteiger partial charge in [-0.25, -0.2) is 0 Å². The maximum Gasteiger partial charge on any atom is 0.0809 e. The van der Waals surface area contributed by atoms with E-state index in [4.69, 9.17) is 0 Å². The molecule has 0 aromatic carbocycles. The molecule has 154 valence electrons. The van der Waals surface area contributed by atoms with Gasteiger partial charge in [0.1, 0.15) is 0 Å². The Bertz CT molecular complexity index is 785. The molecule has 4 heteroatoms. The molecule has 4 saturated carbocycles. The molecule has 0 radical (unpaired) electrons. The Morgan fingerprint density at radius 3 is 2.61 bits per heavy atom. The topological polar surface area (TPSA) is 58.3 Å². The molecule has 8 atom stereocenters. The normalized spacial score (nSPS) is 49.5. The first kappa shape index (κ1) is 18.9. The van der Waals surface area contributed by atoms with Crippen LogP contribution in [0.15, 0.2) is 18.0 Å². The van der Waals surface area contributed by atoms with E-state index in [9.17, 15) is 10.2 Å². The summed E-state index contributed by atoms with van der Waals surface area (Å²) in [6.45, 7) is 4.88. The van der Waals surface area contributed by atoms with Crippen LogP contribution in [0.25, 0.3) is 6.08 Å². The second kappa shape index (κ2) is 6.43. The van der Waals surface area contributed by atoms with E-state index in [0.29, 0.717) is 17.3 Å². The highest BCUT2D eigenvalue weighted by Gasteiger charge is 2.61. The molecule has 28 heavy (non-hydrogen) atoms. The van der Waals surface area contributed by atoms with Crippen molar-refractivity contribution in [3.05, 3.63) is 23.5 Å². The van der Waals surface area contributed by atoms with Crippen molar-refractivity contribution in [1.82, 2.24) is 9.78 Å². The second-order valence-corrected chi connectivity index (χ2v) is 10.9. The smallest absolute Gasteiger partial charge is 0.0809 e. The van der Waals surface area contributed by atoms with Crippen LogP contribution < -0.4 is 0 Å². The number of aliphatic hydroxyl groups is 2. The van der Waals surface area contributed by atoms with Crippen LogP contribution in [-0.2, 0) is 7.05 Å². The van der Waals surface area contributed by atoms with Gasteiger partial charge < -0.3 is 10.2 Å². The Hall–Kier alpha value is -1.13. The molecule has 0 unspecified atom stereocenters. The SMILES string of the molecule is Cn1cc(/C=C2/C[C@H]3[C@@H]4CC[C@@H]5C[C@H](O)CC[C@]5(C)[C@H]4CC[C@]3(C)[C@H]2O)cn1. The summed E-state index contributed by atoms with van der Waals surface area (Å²) < 4.78 is 1.83. The van der Waals surface area contributed by atoms with Crippen LogP contribution in [0.5, 0.6) is 0 Å². The van der Waals surface area contributed by atoms with Gasteiger partial charge in [-0.15, -0.1) is 0 Å². The van der Waals surface area contributed by atoms with E-state index in [2.05, 4.69) is 25.0 Å². The van der Waals surface area contributed by atoms with Crippen LogP contribution >= 0.6 is 0 Å². The number of hydrogen-bond acceptors (Lipinski definition) is 3. The minimum absolute atomic E-state index is 0.0204. The number of nitrogens with zero attached hydrogens (tertiary/aromatic N) is 2. The molecule has 4 aliphatic rings. The monoisotopic (exact) mass is 384 g/mol. The van der Waals surface area contributed by atoms with Gasteiger partial charge in [0.2, 0.25) is 0 Å². The third kappa shape index (κ3) is 2.67. The fourth-order valence-electron chi connectivity index (χ4n) is 7.96. The molecular weight excluding hydrogens is 348 g/mol. The van der Waals surface area contributed by atoms with Crippen LogP contribution in [0.2, 0.25) is 0 Å². The van der Waals surface area contributed by atoms with Crippen molar-refractivity contribution >= 4 is 6.08 Å². The molecule has 1 aromatic heterocycles. The summed E-state index contributed by atoms with van der Waals surface area (Å²) in [5.41, 5.74) is 2.73.